The topological polar surface area (TPSA) is 57.0 Å². The number of aromatic nitrogens is 3. The molecule has 2 rings (SSSR count). The largest absolute Gasteiger partial charge is 0.465 e. The zero-order chi connectivity index (χ0) is 12.3. The number of hydrogen-bond donors (Lipinski definition) is 0. The highest BCUT2D eigenvalue weighted by Crippen LogP contribution is 2.16. The summed E-state index contributed by atoms with van der Waals surface area (Å²) < 4.78 is 6.51. The Kier molecular flexibility index (Phi) is 3.37. The van der Waals surface area contributed by atoms with E-state index in [2.05, 4.69) is 10.1 Å². The van der Waals surface area contributed by atoms with Crippen molar-refractivity contribution in [3.63, 3.8) is 0 Å². The molecule has 0 aliphatic rings. The Morgan fingerprint density at radius 3 is 3.00 bits per heavy atom. The summed E-state index contributed by atoms with van der Waals surface area (Å²) in [4.78, 5) is 15.7. The Morgan fingerprint density at radius 1 is 1.47 bits per heavy atom. The lowest BCUT2D eigenvalue weighted by Gasteiger charge is -2.02. The fraction of sp³-hybridized carbons (Fsp3) is 0.417. The predicted octanol–water partition coefficient (Wildman–Crippen LogP) is 1.56. The van der Waals surface area contributed by atoms with Crippen molar-refractivity contribution in [1.29, 1.82) is 0 Å². The number of aryl methyl sites for hydroxylation is 1. The highest BCUT2D eigenvalue weighted by atomic mass is 16.5. The molecule has 0 spiro atoms. The molecule has 0 unspecified atom stereocenters. The number of fused-ring (bicyclic) bond motifs is 1. The number of rotatable bonds is 4. The SMILES string of the molecule is CCOC(=O)Cn1nc(CC)c2cccnc21. The van der Waals surface area contributed by atoms with Gasteiger partial charge in [0.05, 0.1) is 12.3 Å². The van der Waals surface area contributed by atoms with E-state index in [0.717, 1.165) is 23.1 Å². The minimum atomic E-state index is -0.287. The van der Waals surface area contributed by atoms with Crippen LogP contribution in [0.4, 0.5) is 0 Å². The number of nitrogens with zero attached hydrogens (tertiary/aromatic N) is 3. The quantitative estimate of drug-likeness (QED) is 0.752. The lowest BCUT2D eigenvalue weighted by Crippen LogP contribution is -2.14. The molecule has 5 heteroatoms. The van der Waals surface area contributed by atoms with Crippen LogP contribution in [-0.4, -0.2) is 27.3 Å². The van der Waals surface area contributed by atoms with Crippen LogP contribution in [0.2, 0.25) is 0 Å². The standard InChI is InChI=1S/C12H15N3O2/c1-3-10-9-6-5-7-13-12(9)15(14-10)8-11(16)17-4-2/h5-7H,3-4,8H2,1-2H3. The normalized spacial score (nSPS) is 10.7. The van der Waals surface area contributed by atoms with E-state index in [-0.39, 0.29) is 12.5 Å². The van der Waals surface area contributed by atoms with Crippen molar-refractivity contribution in [2.24, 2.45) is 0 Å². The molecule has 90 valence electrons. The summed E-state index contributed by atoms with van der Waals surface area (Å²) in [5.74, 6) is -0.287. The fourth-order valence-electron chi connectivity index (χ4n) is 1.78. The molecule has 17 heavy (non-hydrogen) atoms. The van der Waals surface area contributed by atoms with Gasteiger partial charge in [-0.1, -0.05) is 6.92 Å². The Balaban J connectivity index is 2.37. The first-order valence-corrected chi connectivity index (χ1v) is 5.72. The molecule has 0 radical (unpaired) electrons. The van der Waals surface area contributed by atoms with E-state index in [9.17, 15) is 4.79 Å². The van der Waals surface area contributed by atoms with Crippen molar-refractivity contribution in [3.8, 4) is 0 Å². The molecule has 2 aromatic heterocycles. The van der Waals surface area contributed by atoms with Crippen LogP contribution in [0, 0.1) is 0 Å². The molecule has 2 heterocycles. The Bertz CT molecular complexity index is 534. The van der Waals surface area contributed by atoms with Crippen molar-refractivity contribution in [2.75, 3.05) is 6.61 Å². The Morgan fingerprint density at radius 2 is 2.29 bits per heavy atom. The smallest absolute Gasteiger partial charge is 0.327 e. The minimum absolute atomic E-state index is 0.112. The molecule has 0 aliphatic carbocycles. The summed E-state index contributed by atoms with van der Waals surface area (Å²) in [6, 6.07) is 3.84. The molecule has 0 N–H and O–H groups in total. The molecule has 5 nitrogen and oxygen atoms in total. The van der Waals surface area contributed by atoms with Crippen LogP contribution in [0.3, 0.4) is 0 Å². The predicted molar refractivity (Wildman–Crippen MR) is 63.5 cm³/mol. The highest BCUT2D eigenvalue weighted by molar-refractivity contribution is 5.80. The van der Waals surface area contributed by atoms with Crippen LogP contribution >= 0.6 is 0 Å². The zero-order valence-electron chi connectivity index (χ0n) is 10.0. The van der Waals surface area contributed by atoms with E-state index in [4.69, 9.17) is 4.74 Å². The summed E-state index contributed by atoms with van der Waals surface area (Å²) >= 11 is 0. The Hall–Kier alpha value is -1.91. The third kappa shape index (κ3) is 2.27. The summed E-state index contributed by atoms with van der Waals surface area (Å²) in [7, 11) is 0. The molecule has 0 bridgehead atoms. The van der Waals surface area contributed by atoms with Crippen LogP contribution in [0.15, 0.2) is 18.3 Å². The second-order valence-electron chi connectivity index (χ2n) is 3.64. The van der Waals surface area contributed by atoms with Gasteiger partial charge in [-0.15, -0.1) is 0 Å². The third-order valence-electron chi connectivity index (χ3n) is 2.50. The van der Waals surface area contributed by atoms with Gasteiger partial charge in [0.1, 0.15) is 6.54 Å². The van der Waals surface area contributed by atoms with E-state index in [1.54, 1.807) is 17.8 Å². The van der Waals surface area contributed by atoms with Gasteiger partial charge in [-0.2, -0.15) is 5.10 Å². The van der Waals surface area contributed by atoms with Crippen LogP contribution in [-0.2, 0) is 22.5 Å². The molecule has 0 aromatic carbocycles. The molecule has 0 aliphatic heterocycles. The number of pyridine rings is 1. The number of carbonyl (C=O) groups is 1. The summed E-state index contributed by atoms with van der Waals surface area (Å²) in [5.41, 5.74) is 1.69. The maximum atomic E-state index is 11.4. The lowest BCUT2D eigenvalue weighted by atomic mass is 10.2. The van der Waals surface area contributed by atoms with Crippen molar-refractivity contribution < 1.29 is 9.53 Å². The second-order valence-corrected chi connectivity index (χ2v) is 3.64. The van der Waals surface area contributed by atoms with Crippen molar-refractivity contribution in [3.05, 3.63) is 24.0 Å². The first kappa shape index (κ1) is 11.6. The third-order valence-corrected chi connectivity index (χ3v) is 2.50. The number of ether oxygens (including phenoxy) is 1. The molecular weight excluding hydrogens is 218 g/mol. The first-order valence-electron chi connectivity index (χ1n) is 5.72. The minimum Gasteiger partial charge on any atom is -0.465 e. The van der Waals surface area contributed by atoms with Crippen LogP contribution in [0.25, 0.3) is 11.0 Å². The highest BCUT2D eigenvalue weighted by Gasteiger charge is 2.12. The Labute approximate surface area is 99.4 Å². The van der Waals surface area contributed by atoms with E-state index < -0.39 is 0 Å². The molecular formula is C12H15N3O2. The summed E-state index contributed by atoms with van der Waals surface area (Å²) in [6.07, 6.45) is 2.52. The van der Waals surface area contributed by atoms with Gasteiger partial charge < -0.3 is 4.74 Å². The average molecular weight is 233 g/mol. The van der Waals surface area contributed by atoms with Crippen LogP contribution in [0.5, 0.6) is 0 Å². The first-order chi connectivity index (χ1) is 8.26. The number of carbonyl (C=O) groups excluding carboxylic acids is 1. The van der Waals surface area contributed by atoms with Gasteiger partial charge in [0.15, 0.2) is 5.65 Å². The van der Waals surface area contributed by atoms with Gasteiger partial charge in [-0.05, 0) is 25.5 Å². The van der Waals surface area contributed by atoms with Gasteiger partial charge in [0.25, 0.3) is 0 Å². The van der Waals surface area contributed by atoms with Crippen LogP contribution in [0.1, 0.15) is 19.5 Å². The van der Waals surface area contributed by atoms with Gasteiger partial charge in [0.2, 0.25) is 0 Å². The lowest BCUT2D eigenvalue weighted by molar-refractivity contribution is -0.143. The summed E-state index contributed by atoms with van der Waals surface area (Å²) in [6.45, 7) is 4.31. The van der Waals surface area contributed by atoms with E-state index in [0.29, 0.717) is 6.61 Å². The summed E-state index contributed by atoms with van der Waals surface area (Å²) in [5, 5.41) is 5.38. The van der Waals surface area contributed by atoms with Crippen molar-refractivity contribution in [1.82, 2.24) is 14.8 Å². The van der Waals surface area contributed by atoms with Gasteiger partial charge in [-0.25, -0.2) is 9.67 Å². The van der Waals surface area contributed by atoms with Crippen molar-refractivity contribution >= 4 is 17.0 Å². The zero-order valence-corrected chi connectivity index (χ0v) is 10.0. The van der Waals surface area contributed by atoms with Gasteiger partial charge in [-0.3, -0.25) is 4.79 Å². The molecule has 0 saturated heterocycles. The van der Waals surface area contributed by atoms with Gasteiger partial charge in [0, 0.05) is 11.6 Å². The van der Waals surface area contributed by atoms with E-state index >= 15 is 0 Å². The fourth-order valence-corrected chi connectivity index (χ4v) is 1.78. The van der Waals surface area contributed by atoms with Crippen LogP contribution < -0.4 is 0 Å². The van der Waals surface area contributed by atoms with Crippen molar-refractivity contribution in [2.45, 2.75) is 26.8 Å². The number of esters is 1. The van der Waals surface area contributed by atoms with E-state index in [1.165, 1.54) is 0 Å². The second kappa shape index (κ2) is 4.95. The molecule has 0 saturated carbocycles. The maximum absolute atomic E-state index is 11.4. The molecule has 2 aromatic rings. The number of hydrogen-bond acceptors (Lipinski definition) is 4. The monoisotopic (exact) mass is 233 g/mol. The molecule has 0 fully saturated rings. The molecule has 0 atom stereocenters. The molecule has 0 amide bonds. The van der Waals surface area contributed by atoms with Gasteiger partial charge >= 0.3 is 5.97 Å². The maximum Gasteiger partial charge on any atom is 0.327 e. The van der Waals surface area contributed by atoms with E-state index in [1.807, 2.05) is 19.1 Å². The average Bonchev–Trinajstić information content (AvgIpc) is 2.68.